The summed E-state index contributed by atoms with van der Waals surface area (Å²) in [5.41, 5.74) is 1.40. The molecular formula is C23H29N5O2S. The molecule has 5 rings (SSSR count). The molecule has 2 heterocycles. The molecule has 31 heavy (non-hydrogen) atoms. The summed E-state index contributed by atoms with van der Waals surface area (Å²) >= 11 is 0. The van der Waals surface area contributed by atoms with Gasteiger partial charge in [-0.2, -0.15) is 10.4 Å². The van der Waals surface area contributed by atoms with Gasteiger partial charge in [0, 0.05) is 43.3 Å². The Labute approximate surface area is 184 Å². The van der Waals surface area contributed by atoms with Gasteiger partial charge in [-0.05, 0) is 61.8 Å². The molecule has 2 aliphatic carbocycles. The van der Waals surface area contributed by atoms with Crippen LogP contribution in [-0.2, 0) is 9.84 Å². The molecule has 3 fully saturated rings. The van der Waals surface area contributed by atoms with Crippen molar-refractivity contribution in [3.63, 3.8) is 0 Å². The molecule has 1 aliphatic heterocycles. The minimum Gasteiger partial charge on any atom is -0.339 e. The fourth-order valence-corrected chi connectivity index (χ4v) is 6.14. The monoisotopic (exact) mass is 439 g/mol. The zero-order chi connectivity index (χ0) is 21.6. The Morgan fingerprint density at radius 2 is 1.90 bits per heavy atom. The zero-order valence-corrected chi connectivity index (χ0v) is 18.7. The average Bonchev–Trinajstić information content (AvgIpc) is 3.13. The number of sulfone groups is 1. The van der Waals surface area contributed by atoms with E-state index in [-0.39, 0.29) is 12.0 Å². The summed E-state index contributed by atoms with van der Waals surface area (Å²) < 4.78 is 25.2. The molecule has 0 radical (unpaired) electrons. The summed E-state index contributed by atoms with van der Waals surface area (Å²) in [5.74, 6) is 0.666. The quantitative estimate of drug-likeness (QED) is 0.763. The normalized spacial score (nSPS) is 27.8. The number of benzene rings is 1. The van der Waals surface area contributed by atoms with Gasteiger partial charge >= 0.3 is 0 Å². The molecule has 8 heteroatoms. The number of anilines is 2. The number of hydrogen-bond acceptors (Lipinski definition) is 6. The molecule has 2 saturated carbocycles. The molecule has 3 aliphatic rings. The lowest BCUT2D eigenvalue weighted by Gasteiger charge is -2.59. The molecule has 0 bridgehead atoms. The van der Waals surface area contributed by atoms with Gasteiger partial charge in [-0.3, -0.25) is 9.58 Å². The van der Waals surface area contributed by atoms with Crippen molar-refractivity contribution in [1.29, 1.82) is 5.26 Å². The highest BCUT2D eigenvalue weighted by Crippen LogP contribution is 2.50. The van der Waals surface area contributed by atoms with Crippen LogP contribution in [0.25, 0.3) is 0 Å². The van der Waals surface area contributed by atoms with Crippen molar-refractivity contribution in [3.8, 4) is 6.07 Å². The lowest BCUT2D eigenvalue weighted by atomic mass is 9.62. The second kappa shape index (κ2) is 7.64. The molecule has 1 saturated heterocycles. The van der Waals surface area contributed by atoms with E-state index in [1.165, 1.54) is 38.6 Å². The van der Waals surface area contributed by atoms with E-state index in [0.717, 1.165) is 24.9 Å². The Kier molecular flexibility index (Phi) is 5.06. The molecule has 1 aromatic heterocycles. The van der Waals surface area contributed by atoms with Crippen LogP contribution < -0.4 is 5.32 Å². The van der Waals surface area contributed by atoms with Crippen LogP contribution in [-0.4, -0.2) is 48.5 Å². The maximum atomic E-state index is 11.6. The van der Waals surface area contributed by atoms with E-state index in [1.54, 1.807) is 24.3 Å². The fourth-order valence-electron chi connectivity index (χ4n) is 5.51. The van der Waals surface area contributed by atoms with E-state index in [0.29, 0.717) is 22.2 Å². The number of hydrogen-bond donors (Lipinski definition) is 1. The zero-order valence-electron chi connectivity index (χ0n) is 17.9. The van der Waals surface area contributed by atoms with Crippen molar-refractivity contribution in [2.24, 2.45) is 11.3 Å². The third kappa shape index (κ3) is 3.97. The fraction of sp³-hybridized carbons (Fsp3) is 0.565. The van der Waals surface area contributed by atoms with Crippen LogP contribution in [0.1, 0.15) is 44.6 Å². The number of nitriles is 1. The van der Waals surface area contributed by atoms with Crippen molar-refractivity contribution in [3.05, 3.63) is 36.5 Å². The van der Waals surface area contributed by atoms with Crippen LogP contribution in [0.5, 0.6) is 0 Å². The minimum absolute atomic E-state index is 0.0292. The van der Waals surface area contributed by atoms with Crippen LogP contribution >= 0.6 is 0 Å². The molecule has 7 nitrogen and oxygen atoms in total. The van der Waals surface area contributed by atoms with Gasteiger partial charge < -0.3 is 5.32 Å². The first-order valence-corrected chi connectivity index (χ1v) is 13.0. The van der Waals surface area contributed by atoms with Crippen molar-refractivity contribution in [2.45, 2.75) is 55.5 Å². The van der Waals surface area contributed by atoms with Crippen molar-refractivity contribution < 1.29 is 8.42 Å². The average molecular weight is 440 g/mol. The largest absolute Gasteiger partial charge is 0.339 e. The van der Waals surface area contributed by atoms with Crippen molar-refractivity contribution in [1.82, 2.24) is 14.7 Å². The number of rotatable bonds is 5. The van der Waals surface area contributed by atoms with Gasteiger partial charge in [0.15, 0.2) is 15.7 Å². The second-order valence-corrected chi connectivity index (χ2v) is 11.6. The van der Waals surface area contributed by atoms with Crippen LogP contribution in [0.3, 0.4) is 0 Å². The van der Waals surface area contributed by atoms with Gasteiger partial charge in [0.25, 0.3) is 0 Å². The summed E-state index contributed by atoms with van der Waals surface area (Å²) in [7, 11) is -3.21. The van der Waals surface area contributed by atoms with Crippen LogP contribution in [0.2, 0.25) is 0 Å². The highest BCUT2D eigenvalue weighted by atomic mass is 32.2. The highest BCUT2D eigenvalue weighted by molar-refractivity contribution is 7.90. The molecule has 0 amide bonds. The van der Waals surface area contributed by atoms with E-state index in [9.17, 15) is 13.7 Å². The smallest absolute Gasteiger partial charge is 0.175 e. The van der Waals surface area contributed by atoms with Gasteiger partial charge in [-0.15, -0.1) is 0 Å². The van der Waals surface area contributed by atoms with Crippen LogP contribution in [0.15, 0.2) is 41.4 Å². The topological polar surface area (TPSA) is 91.0 Å². The molecular weight excluding hydrogens is 410 g/mol. The first-order chi connectivity index (χ1) is 14.9. The first kappa shape index (κ1) is 20.5. The Bertz CT molecular complexity index is 1090. The summed E-state index contributed by atoms with van der Waals surface area (Å²) in [5, 5.41) is 17.7. The van der Waals surface area contributed by atoms with E-state index >= 15 is 0 Å². The molecule has 164 valence electrons. The van der Waals surface area contributed by atoms with Crippen LogP contribution in [0.4, 0.5) is 11.5 Å². The Morgan fingerprint density at radius 1 is 1.16 bits per heavy atom. The lowest BCUT2D eigenvalue weighted by molar-refractivity contribution is -0.0941. The Hall–Kier alpha value is -2.37. The standard InChI is InChI=1S/C23H29N5O2S/c1-31(29,30)20-6-3-18(4-7-20)25-22-9-12-28(26-22)21-8-5-19(13-17(21)14-24)27-15-23(16-27)10-2-11-23/h3-4,6-7,9,12,17,19,21H,2,5,8,10-11,13,15-16H2,1H3,(H,25,26). The van der Waals surface area contributed by atoms with E-state index < -0.39 is 9.84 Å². The van der Waals surface area contributed by atoms with Gasteiger partial charge in [-0.25, -0.2) is 8.42 Å². The first-order valence-electron chi connectivity index (χ1n) is 11.1. The number of aromatic nitrogens is 2. The predicted molar refractivity (Wildman–Crippen MR) is 119 cm³/mol. The molecule has 1 spiro atoms. The summed E-state index contributed by atoms with van der Waals surface area (Å²) in [6.45, 7) is 2.46. The minimum atomic E-state index is -3.21. The highest BCUT2D eigenvalue weighted by Gasteiger charge is 2.50. The molecule has 3 atom stereocenters. The number of likely N-dealkylation sites (tertiary alicyclic amines) is 1. The van der Waals surface area contributed by atoms with E-state index in [1.807, 2.05) is 16.9 Å². The Balaban J connectivity index is 1.21. The molecule has 3 unspecified atom stereocenters. The van der Waals surface area contributed by atoms with Crippen molar-refractivity contribution in [2.75, 3.05) is 24.7 Å². The predicted octanol–water partition coefficient (Wildman–Crippen LogP) is 3.75. The maximum Gasteiger partial charge on any atom is 0.175 e. The summed E-state index contributed by atoms with van der Waals surface area (Å²) in [6, 6.07) is 11.7. The Morgan fingerprint density at radius 3 is 2.52 bits per heavy atom. The van der Waals surface area contributed by atoms with Gasteiger partial charge in [0.1, 0.15) is 0 Å². The lowest BCUT2D eigenvalue weighted by Crippen LogP contribution is -2.63. The van der Waals surface area contributed by atoms with Gasteiger partial charge in [0.2, 0.25) is 0 Å². The second-order valence-electron chi connectivity index (χ2n) is 9.63. The third-order valence-corrected chi connectivity index (χ3v) is 8.59. The number of nitrogens with zero attached hydrogens (tertiary/aromatic N) is 4. The SMILES string of the molecule is CS(=O)(=O)c1ccc(Nc2ccn(C3CCC(N4CC5(CCC5)C4)CC3C#N)n2)cc1. The summed E-state index contributed by atoms with van der Waals surface area (Å²) in [6.07, 6.45) is 10.3. The van der Waals surface area contributed by atoms with Crippen molar-refractivity contribution >= 4 is 21.3 Å². The molecule has 1 aromatic carbocycles. The van der Waals surface area contributed by atoms with Gasteiger partial charge in [-0.1, -0.05) is 6.42 Å². The van der Waals surface area contributed by atoms with Gasteiger partial charge in [0.05, 0.1) is 22.9 Å². The summed E-state index contributed by atoms with van der Waals surface area (Å²) in [4.78, 5) is 2.90. The number of nitrogens with one attached hydrogen (secondary N) is 1. The molecule has 2 aromatic rings. The van der Waals surface area contributed by atoms with E-state index in [2.05, 4.69) is 21.4 Å². The van der Waals surface area contributed by atoms with Crippen LogP contribution in [0, 0.1) is 22.7 Å². The molecule has 1 N–H and O–H groups in total. The maximum absolute atomic E-state index is 11.6. The van der Waals surface area contributed by atoms with E-state index in [4.69, 9.17) is 0 Å². The third-order valence-electron chi connectivity index (χ3n) is 7.46.